The number of hydrogen-bond donors (Lipinski definition) is 2. The van der Waals surface area contributed by atoms with Crippen LogP contribution in [0.4, 0.5) is 5.82 Å². The fourth-order valence-electron chi connectivity index (χ4n) is 2.07. The van der Waals surface area contributed by atoms with Crippen molar-refractivity contribution in [3.05, 3.63) is 41.6 Å². The molecule has 3 rings (SSSR count). The Morgan fingerprint density at radius 1 is 1.22 bits per heavy atom. The molecule has 1 aliphatic carbocycles. The molecule has 0 amide bonds. The first-order chi connectivity index (χ1) is 8.78. The standard InChI is InChI=1S/C14H16N4/c1-9-4-2-3-5-11(9)14-16-12(10-6-7-10)8-13(17-14)18-15/h2-5,8,10H,6-7,15H2,1H3,(H,16,17,18). The highest BCUT2D eigenvalue weighted by Gasteiger charge is 2.26. The average molecular weight is 240 g/mol. The molecule has 1 heterocycles. The molecule has 0 atom stereocenters. The molecule has 1 fully saturated rings. The highest BCUT2D eigenvalue weighted by atomic mass is 15.3. The van der Waals surface area contributed by atoms with Crippen LogP contribution in [0.5, 0.6) is 0 Å². The predicted molar refractivity (Wildman–Crippen MR) is 72.0 cm³/mol. The highest BCUT2D eigenvalue weighted by molar-refractivity contribution is 5.61. The van der Waals surface area contributed by atoms with E-state index in [0.29, 0.717) is 11.7 Å². The van der Waals surface area contributed by atoms with Crippen molar-refractivity contribution in [3.63, 3.8) is 0 Å². The van der Waals surface area contributed by atoms with E-state index in [9.17, 15) is 0 Å². The largest absolute Gasteiger partial charge is 0.308 e. The second-order valence-corrected chi connectivity index (χ2v) is 4.74. The van der Waals surface area contributed by atoms with Gasteiger partial charge >= 0.3 is 0 Å². The van der Waals surface area contributed by atoms with Crippen molar-refractivity contribution in [3.8, 4) is 11.4 Å². The van der Waals surface area contributed by atoms with E-state index >= 15 is 0 Å². The van der Waals surface area contributed by atoms with Crippen LogP contribution in [0.1, 0.15) is 30.0 Å². The SMILES string of the molecule is Cc1ccccc1-c1nc(NN)cc(C2CC2)n1. The number of benzene rings is 1. The van der Waals surface area contributed by atoms with Crippen molar-refractivity contribution in [2.45, 2.75) is 25.7 Å². The highest BCUT2D eigenvalue weighted by Crippen LogP contribution is 2.40. The van der Waals surface area contributed by atoms with E-state index in [4.69, 9.17) is 5.84 Å². The first-order valence-electron chi connectivity index (χ1n) is 6.19. The molecule has 3 N–H and O–H groups in total. The lowest BCUT2D eigenvalue weighted by Crippen LogP contribution is -2.10. The summed E-state index contributed by atoms with van der Waals surface area (Å²) in [5, 5.41) is 0. The zero-order chi connectivity index (χ0) is 12.5. The van der Waals surface area contributed by atoms with Gasteiger partial charge in [0.1, 0.15) is 5.82 Å². The van der Waals surface area contributed by atoms with E-state index in [2.05, 4.69) is 28.4 Å². The molecule has 1 aliphatic rings. The summed E-state index contributed by atoms with van der Waals surface area (Å²) in [6, 6.07) is 10.1. The summed E-state index contributed by atoms with van der Waals surface area (Å²) in [7, 11) is 0. The smallest absolute Gasteiger partial charge is 0.162 e. The van der Waals surface area contributed by atoms with Gasteiger partial charge < -0.3 is 5.43 Å². The number of anilines is 1. The van der Waals surface area contributed by atoms with Gasteiger partial charge in [0.05, 0.1) is 0 Å². The number of aryl methyl sites for hydroxylation is 1. The molecule has 1 aromatic carbocycles. The number of nitrogens with one attached hydrogen (secondary N) is 1. The van der Waals surface area contributed by atoms with Crippen LogP contribution in [0.3, 0.4) is 0 Å². The van der Waals surface area contributed by atoms with Crippen molar-refractivity contribution >= 4 is 5.82 Å². The molecule has 0 spiro atoms. The molecular weight excluding hydrogens is 224 g/mol. The van der Waals surface area contributed by atoms with Crippen LogP contribution in [0.15, 0.2) is 30.3 Å². The Labute approximate surface area is 106 Å². The minimum absolute atomic E-state index is 0.586. The molecule has 0 radical (unpaired) electrons. The minimum Gasteiger partial charge on any atom is -0.308 e. The molecule has 92 valence electrons. The van der Waals surface area contributed by atoms with E-state index < -0.39 is 0 Å². The normalized spacial score (nSPS) is 14.6. The Bertz CT molecular complexity index is 576. The maximum absolute atomic E-state index is 5.48. The summed E-state index contributed by atoms with van der Waals surface area (Å²) in [5.41, 5.74) is 5.96. The third-order valence-electron chi connectivity index (χ3n) is 3.28. The van der Waals surface area contributed by atoms with Crippen LogP contribution in [0.25, 0.3) is 11.4 Å². The topological polar surface area (TPSA) is 63.8 Å². The molecule has 1 aromatic heterocycles. The first kappa shape index (κ1) is 11.2. The quantitative estimate of drug-likeness (QED) is 0.639. The Balaban J connectivity index is 2.10. The van der Waals surface area contributed by atoms with Crippen molar-refractivity contribution in [2.24, 2.45) is 5.84 Å². The summed E-state index contributed by atoms with van der Waals surface area (Å²) in [5.74, 6) is 7.51. The summed E-state index contributed by atoms with van der Waals surface area (Å²) < 4.78 is 0. The maximum Gasteiger partial charge on any atom is 0.162 e. The van der Waals surface area contributed by atoms with Crippen molar-refractivity contribution < 1.29 is 0 Å². The Kier molecular flexibility index (Phi) is 2.72. The van der Waals surface area contributed by atoms with Gasteiger partial charge in [-0.3, -0.25) is 0 Å². The van der Waals surface area contributed by atoms with E-state index in [-0.39, 0.29) is 0 Å². The third-order valence-corrected chi connectivity index (χ3v) is 3.28. The Morgan fingerprint density at radius 3 is 2.67 bits per heavy atom. The lowest BCUT2D eigenvalue weighted by Gasteiger charge is -2.09. The van der Waals surface area contributed by atoms with Crippen molar-refractivity contribution in [1.29, 1.82) is 0 Å². The van der Waals surface area contributed by atoms with E-state index in [1.807, 2.05) is 24.3 Å². The molecule has 0 bridgehead atoms. The average Bonchev–Trinajstić information content (AvgIpc) is 3.23. The van der Waals surface area contributed by atoms with E-state index in [1.165, 1.54) is 18.4 Å². The molecule has 18 heavy (non-hydrogen) atoms. The zero-order valence-electron chi connectivity index (χ0n) is 10.4. The van der Waals surface area contributed by atoms with Gasteiger partial charge in [0, 0.05) is 23.2 Å². The summed E-state index contributed by atoms with van der Waals surface area (Å²) >= 11 is 0. The van der Waals surface area contributed by atoms with Crippen LogP contribution >= 0.6 is 0 Å². The van der Waals surface area contributed by atoms with Crippen LogP contribution in [0, 0.1) is 6.92 Å². The maximum atomic E-state index is 5.48. The van der Waals surface area contributed by atoms with Crippen molar-refractivity contribution in [2.75, 3.05) is 5.43 Å². The van der Waals surface area contributed by atoms with Gasteiger partial charge in [-0.05, 0) is 25.3 Å². The van der Waals surface area contributed by atoms with Gasteiger partial charge in [-0.1, -0.05) is 24.3 Å². The molecule has 1 saturated carbocycles. The van der Waals surface area contributed by atoms with E-state index in [1.54, 1.807) is 0 Å². The van der Waals surface area contributed by atoms with Gasteiger partial charge in [-0.2, -0.15) is 0 Å². The molecule has 0 aliphatic heterocycles. The Morgan fingerprint density at radius 2 is 2.00 bits per heavy atom. The summed E-state index contributed by atoms with van der Waals surface area (Å²) in [6.45, 7) is 2.07. The molecule has 4 heteroatoms. The minimum atomic E-state index is 0.586. The van der Waals surface area contributed by atoms with Gasteiger partial charge in [-0.15, -0.1) is 0 Å². The molecule has 0 saturated heterocycles. The fraction of sp³-hybridized carbons (Fsp3) is 0.286. The van der Waals surface area contributed by atoms with E-state index in [0.717, 1.165) is 17.1 Å². The van der Waals surface area contributed by atoms with Gasteiger partial charge in [0.25, 0.3) is 0 Å². The van der Waals surface area contributed by atoms with Crippen molar-refractivity contribution in [1.82, 2.24) is 9.97 Å². The monoisotopic (exact) mass is 240 g/mol. The molecule has 0 unspecified atom stereocenters. The number of nitrogen functional groups attached to an aromatic ring is 1. The number of nitrogens with two attached hydrogens (primary N) is 1. The number of hydrazine groups is 1. The fourth-order valence-corrected chi connectivity index (χ4v) is 2.07. The molecule has 4 nitrogen and oxygen atoms in total. The van der Waals surface area contributed by atoms with Crippen LogP contribution in [0.2, 0.25) is 0 Å². The number of aromatic nitrogens is 2. The second-order valence-electron chi connectivity index (χ2n) is 4.74. The van der Waals surface area contributed by atoms with Crippen LogP contribution < -0.4 is 11.3 Å². The van der Waals surface area contributed by atoms with Crippen LogP contribution in [-0.2, 0) is 0 Å². The first-order valence-corrected chi connectivity index (χ1v) is 6.19. The number of rotatable bonds is 3. The van der Waals surface area contributed by atoms with Gasteiger partial charge in [0.2, 0.25) is 0 Å². The van der Waals surface area contributed by atoms with Gasteiger partial charge in [0.15, 0.2) is 5.82 Å². The molecule has 2 aromatic rings. The Hall–Kier alpha value is -1.94. The number of nitrogens with zero attached hydrogens (tertiary/aromatic N) is 2. The van der Waals surface area contributed by atoms with Crippen LogP contribution in [-0.4, -0.2) is 9.97 Å². The zero-order valence-corrected chi connectivity index (χ0v) is 10.4. The predicted octanol–water partition coefficient (Wildman–Crippen LogP) is 2.62. The molecular formula is C14H16N4. The number of hydrogen-bond acceptors (Lipinski definition) is 4. The summed E-state index contributed by atoms with van der Waals surface area (Å²) in [6.07, 6.45) is 2.43. The summed E-state index contributed by atoms with van der Waals surface area (Å²) in [4.78, 5) is 9.11. The second kappa shape index (κ2) is 4.38. The third kappa shape index (κ3) is 2.07. The van der Waals surface area contributed by atoms with Gasteiger partial charge in [-0.25, -0.2) is 15.8 Å². The lowest BCUT2D eigenvalue weighted by atomic mass is 10.1. The lowest BCUT2D eigenvalue weighted by molar-refractivity contribution is 0.990.